The number of carbonyl (C=O) groups excluding carboxylic acids is 2. The van der Waals surface area contributed by atoms with Crippen molar-refractivity contribution in [1.82, 2.24) is 4.90 Å². The van der Waals surface area contributed by atoms with Gasteiger partial charge >= 0.3 is 11.3 Å². The summed E-state index contributed by atoms with van der Waals surface area (Å²) in [4.78, 5) is 23.7. The Bertz CT molecular complexity index is 232. The van der Waals surface area contributed by atoms with Crippen LogP contribution in [0.2, 0.25) is 0 Å². The highest BCUT2D eigenvalue weighted by Gasteiger charge is 2.28. The Labute approximate surface area is 88.2 Å². The number of amides is 1. The van der Waals surface area contributed by atoms with E-state index in [2.05, 4.69) is 0 Å². The first-order valence-electron chi connectivity index (χ1n) is 4.76. The van der Waals surface area contributed by atoms with Crippen LogP contribution < -0.4 is 0 Å². The van der Waals surface area contributed by atoms with Crippen LogP contribution in [0.5, 0.6) is 0 Å². The van der Waals surface area contributed by atoms with Crippen LogP contribution in [0, 0.1) is 5.92 Å². The lowest BCUT2D eigenvalue weighted by atomic mass is 9.99. The molecule has 1 fully saturated rings. The summed E-state index contributed by atoms with van der Waals surface area (Å²) < 4.78 is 4.89. The minimum absolute atomic E-state index is 0.202. The third kappa shape index (κ3) is 2.87. The first-order valence-corrected chi connectivity index (χ1v) is 5.14. The summed E-state index contributed by atoms with van der Waals surface area (Å²) in [5, 5.41) is -0.487. The van der Waals surface area contributed by atoms with Gasteiger partial charge in [0.1, 0.15) is 0 Å². The second-order valence-electron chi connectivity index (χ2n) is 3.29. The van der Waals surface area contributed by atoms with Crippen molar-refractivity contribution in [3.63, 3.8) is 0 Å². The standard InChI is InChI=1S/C9H14ClNO3/c1-2-14-8(12)7-4-3-5-11(6-7)9(10)13/h7H,2-6H2,1H3/t7-/m1/s1. The normalized spacial score (nSPS) is 21.9. The molecule has 0 N–H and O–H groups in total. The average Bonchev–Trinajstić information content (AvgIpc) is 2.18. The molecular weight excluding hydrogens is 206 g/mol. The van der Waals surface area contributed by atoms with Crippen LogP contribution in [-0.4, -0.2) is 35.9 Å². The fraction of sp³-hybridized carbons (Fsp3) is 0.778. The number of ether oxygens (including phenoxy) is 1. The number of nitrogens with zero attached hydrogens (tertiary/aromatic N) is 1. The summed E-state index contributed by atoms with van der Waals surface area (Å²) in [6.07, 6.45) is 1.58. The molecule has 0 aromatic carbocycles. The van der Waals surface area contributed by atoms with E-state index in [4.69, 9.17) is 16.3 Å². The topological polar surface area (TPSA) is 46.6 Å². The molecule has 0 aromatic heterocycles. The fourth-order valence-corrected chi connectivity index (χ4v) is 1.74. The van der Waals surface area contributed by atoms with Gasteiger partial charge in [0.2, 0.25) is 0 Å². The van der Waals surface area contributed by atoms with Crippen LogP contribution in [0.1, 0.15) is 19.8 Å². The Balaban J connectivity index is 2.47. The van der Waals surface area contributed by atoms with Crippen LogP contribution >= 0.6 is 11.6 Å². The van der Waals surface area contributed by atoms with Crippen LogP contribution in [-0.2, 0) is 9.53 Å². The first-order chi connectivity index (χ1) is 6.65. The second kappa shape index (κ2) is 5.20. The molecule has 14 heavy (non-hydrogen) atoms. The van der Waals surface area contributed by atoms with Gasteiger partial charge in [-0.3, -0.25) is 9.59 Å². The van der Waals surface area contributed by atoms with Crippen molar-refractivity contribution in [1.29, 1.82) is 0 Å². The summed E-state index contributed by atoms with van der Waals surface area (Å²) in [6, 6.07) is 0. The van der Waals surface area contributed by atoms with Gasteiger partial charge in [-0.15, -0.1) is 0 Å². The highest BCUT2D eigenvalue weighted by Crippen LogP contribution is 2.18. The molecular formula is C9H14ClNO3. The van der Waals surface area contributed by atoms with E-state index in [0.29, 0.717) is 19.7 Å². The third-order valence-corrected chi connectivity index (χ3v) is 2.53. The summed E-state index contributed by atoms with van der Waals surface area (Å²) in [5.41, 5.74) is 0. The lowest BCUT2D eigenvalue weighted by molar-refractivity contribution is -0.149. The lowest BCUT2D eigenvalue weighted by Gasteiger charge is -2.29. The number of rotatable bonds is 2. The number of likely N-dealkylation sites (tertiary alicyclic amines) is 1. The van der Waals surface area contributed by atoms with Gasteiger partial charge in [0.05, 0.1) is 12.5 Å². The number of hydrogen-bond donors (Lipinski definition) is 0. The number of piperidine rings is 1. The Morgan fingerprint density at radius 3 is 2.86 bits per heavy atom. The molecule has 1 amide bonds. The van der Waals surface area contributed by atoms with Gasteiger partial charge in [-0.25, -0.2) is 0 Å². The van der Waals surface area contributed by atoms with Crippen LogP contribution in [0.15, 0.2) is 0 Å². The molecule has 0 unspecified atom stereocenters. The summed E-state index contributed by atoms with van der Waals surface area (Å²) in [7, 11) is 0. The van der Waals surface area contributed by atoms with Crippen molar-refractivity contribution in [2.45, 2.75) is 19.8 Å². The quantitative estimate of drug-likeness (QED) is 0.403. The van der Waals surface area contributed by atoms with Gasteiger partial charge in [-0.2, -0.15) is 0 Å². The molecule has 1 heterocycles. The van der Waals surface area contributed by atoms with Crippen molar-refractivity contribution in [2.75, 3.05) is 19.7 Å². The first kappa shape index (κ1) is 11.3. The molecule has 0 aliphatic carbocycles. The molecule has 0 aromatic rings. The van der Waals surface area contributed by atoms with Gasteiger partial charge in [0.25, 0.3) is 0 Å². The maximum absolute atomic E-state index is 11.4. The maximum atomic E-state index is 11.4. The van der Waals surface area contributed by atoms with E-state index in [9.17, 15) is 9.59 Å². The average molecular weight is 220 g/mol. The SMILES string of the molecule is CCOC(=O)[C@@H]1CCCN(C(=O)Cl)C1. The molecule has 4 nitrogen and oxygen atoms in total. The van der Waals surface area contributed by atoms with Crippen LogP contribution in [0.3, 0.4) is 0 Å². The van der Waals surface area contributed by atoms with Crippen molar-refractivity contribution >= 4 is 22.9 Å². The monoisotopic (exact) mass is 219 g/mol. The maximum Gasteiger partial charge on any atom is 0.316 e. The predicted octanol–water partition coefficient (Wildman–Crippen LogP) is 1.62. The Hall–Kier alpha value is -0.770. The molecule has 0 spiro atoms. The van der Waals surface area contributed by atoms with E-state index >= 15 is 0 Å². The molecule has 0 radical (unpaired) electrons. The minimum Gasteiger partial charge on any atom is -0.466 e. The smallest absolute Gasteiger partial charge is 0.316 e. The van der Waals surface area contributed by atoms with E-state index in [1.165, 1.54) is 4.90 Å². The van der Waals surface area contributed by atoms with E-state index in [-0.39, 0.29) is 11.9 Å². The molecule has 0 saturated carbocycles. The Morgan fingerprint density at radius 2 is 2.29 bits per heavy atom. The minimum atomic E-state index is -0.487. The van der Waals surface area contributed by atoms with Gasteiger partial charge < -0.3 is 9.64 Å². The van der Waals surface area contributed by atoms with Crippen molar-refractivity contribution in [2.24, 2.45) is 5.92 Å². The summed E-state index contributed by atoms with van der Waals surface area (Å²) in [6.45, 7) is 3.18. The van der Waals surface area contributed by atoms with Gasteiger partial charge in [0, 0.05) is 13.1 Å². The van der Waals surface area contributed by atoms with E-state index in [0.717, 1.165) is 12.8 Å². The zero-order valence-corrected chi connectivity index (χ0v) is 8.92. The summed E-state index contributed by atoms with van der Waals surface area (Å²) >= 11 is 5.34. The zero-order chi connectivity index (χ0) is 10.6. The molecule has 1 atom stereocenters. The number of halogens is 1. The second-order valence-corrected chi connectivity index (χ2v) is 3.61. The fourth-order valence-electron chi connectivity index (χ4n) is 1.59. The van der Waals surface area contributed by atoms with Crippen molar-refractivity contribution < 1.29 is 14.3 Å². The van der Waals surface area contributed by atoms with E-state index < -0.39 is 5.37 Å². The molecule has 1 saturated heterocycles. The predicted molar refractivity (Wildman–Crippen MR) is 52.2 cm³/mol. The van der Waals surface area contributed by atoms with E-state index in [1.807, 2.05) is 0 Å². The largest absolute Gasteiger partial charge is 0.466 e. The summed E-state index contributed by atoms with van der Waals surface area (Å²) in [5.74, 6) is -0.429. The molecule has 80 valence electrons. The van der Waals surface area contributed by atoms with Crippen molar-refractivity contribution in [3.8, 4) is 0 Å². The van der Waals surface area contributed by atoms with Crippen LogP contribution in [0.25, 0.3) is 0 Å². The van der Waals surface area contributed by atoms with E-state index in [1.54, 1.807) is 6.92 Å². The highest BCUT2D eigenvalue weighted by molar-refractivity contribution is 6.62. The molecule has 1 aliphatic rings. The van der Waals surface area contributed by atoms with Crippen LogP contribution in [0.4, 0.5) is 4.79 Å². The van der Waals surface area contributed by atoms with Gasteiger partial charge in [-0.1, -0.05) is 0 Å². The lowest BCUT2D eigenvalue weighted by Crippen LogP contribution is -2.40. The molecule has 0 bridgehead atoms. The highest BCUT2D eigenvalue weighted by atomic mass is 35.5. The number of carbonyl (C=O) groups is 2. The zero-order valence-electron chi connectivity index (χ0n) is 8.16. The third-order valence-electron chi connectivity index (χ3n) is 2.29. The Morgan fingerprint density at radius 1 is 1.57 bits per heavy atom. The molecule has 5 heteroatoms. The number of esters is 1. The van der Waals surface area contributed by atoms with Gasteiger partial charge in [-0.05, 0) is 31.4 Å². The number of hydrogen-bond acceptors (Lipinski definition) is 3. The van der Waals surface area contributed by atoms with Gasteiger partial charge in [0.15, 0.2) is 0 Å². The van der Waals surface area contributed by atoms with Crippen molar-refractivity contribution in [3.05, 3.63) is 0 Å². The molecule has 1 rings (SSSR count). The molecule has 1 aliphatic heterocycles. The Kier molecular flexibility index (Phi) is 4.20.